The molecule has 0 spiro atoms. The van der Waals surface area contributed by atoms with Gasteiger partial charge in [-0.3, -0.25) is 4.79 Å². The normalized spacial score (nSPS) is 15.6. The number of carbonyl (C=O) groups is 1. The fraction of sp³-hybridized carbons (Fsp3) is 0.562. The molecule has 0 aliphatic rings. The van der Waals surface area contributed by atoms with Crippen LogP contribution in [-0.4, -0.2) is 17.6 Å². The fourth-order valence-electron chi connectivity index (χ4n) is 2.15. The molecule has 0 aliphatic heterocycles. The summed E-state index contributed by atoms with van der Waals surface area (Å²) in [5.41, 5.74) is -0.206. The summed E-state index contributed by atoms with van der Waals surface area (Å²) in [5.74, 6) is 0.406. The molecule has 1 amide bonds. The van der Waals surface area contributed by atoms with Gasteiger partial charge >= 0.3 is 0 Å². The largest absolute Gasteiger partial charge is 0.384 e. The van der Waals surface area contributed by atoms with E-state index in [1.165, 1.54) is 0 Å². The number of carbonyl (C=O) groups excluding carboxylic acids is 1. The van der Waals surface area contributed by atoms with Crippen LogP contribution in [-0.2, 0) is 10.4 Å². The van der Waals surface area contributed by atoms with Crippen molar-refractivity contribution < 1.29 is 9.90 Å². The van der Waals surface area contributed by atoms with Crippen LogP contribution in [0.3, 0.4) is 0 Å². The zero-order valence-corrected chi connectivity index (χ0v) is 12.1. The van der Waals surface area contributed by atoms with E-state index in [1.807, 2.05) is 30.3 Å². The van der Waals surface area contributed by atoms with Crippen molar-refractivity contribution in [3.63, 3.8) is 0 Å². The van der Waals surface area contributed by atoms with E-state index in [0.29, 0.717) is 12.3 Å². The Kier molecular flexibility index (Phi) is 6.03. The number of hydrogen-bond acceptors (Lipinski definition) is 2. The van der Waals surface area contributed by atoms with Gasteiger partial charge in [0.15, 0.2) is 0 Å². The van der Waals surface area contributed by atoms with E-state index in [-0.39, 0.29) is 12.5 Å². The number of benzene rings is 1. The van der Waals surface area contributed by atoms with E-state index < -0.39 is 5.60 Å². The second-order valence-corrected chi connectivity index (χ2v) is 5.51. The van der Waals surface area contributed by atoms with Crippen LogP contribution in [0, 0.1) is 5.92 Å². The molecule has 0 heterocycles. The summed E-state index contributed by atoms with van der Waals surface area (Å²) in [7, 11) is 0. The molecule has 1 aromatic carbocycles. The van der Waals surface area contributed by atoms with Gasteiger partial charge in [0, 0.05) is 6.42 Å². The van der Waals surface area contributed by atoms with Crippen LogP contribution in [0.4, 0.5) is 0 Å². The highest BCUT2D eigenvalue weighted by Crippen LogP contribution is 2.19. The molecule has 2 unspecified atom stereocenters. The molecule has 0 bridgehead atoms. The van der Waals surface area contributed by atoms with Gasteiger partial charge in [-0.05, 0) is 18.4 Å². The Balaban J connectivity index is 2.45. The third-order valence-corrected chi connectivity index (χ3v) is 3.34. The van der Waals surface area contributed by atoms with Gasteiger partial charge in [-0.2, -0.15) is 0 Å². The summed E-state index contributed by atoms with van der Waals surface area (Å²) < 4.78 is 0. The van der Waals surface area contributed by atoms with Crippen LogP contribution < -0.4 is 5.32 Å². The van der Waals surface area contributed by atoms with Crippen molar-refractivity contribution in [2.45, 2.75) is 45.6 Å². The third-order valence-electron chi connectivity index (χ3n) is 3.34. The maximum atomic E-state index is 11.8. The molecule has 3 nitrogen and oxygen atoms in total. The second-order valence-electron chi connectivity index (χ2n) is 5.51. The van der Waals surface area contributed by atoms with Gasteiger partial charge < -0.3 is 10.4 Å². The molecule has 106 valence electrons. The van der Waals surface area contributed by atoms with Crippen LogP contribution in [0.1, 0.15) is 45.6 Å². The summed E-state index contributed by atoms with van der Waals surface area (Å²) in [4.78, 5) is 11.8. The minimum absolute atomic E-state index is 0.0113. The summed E-state index contributed by atoms with van der Waals surface area (Å²) in [5, 5.41) is 13.2. The molecule has 1 aromatic rings. The molecule has 3 heteroatoms. The minimum atomic E-state index is -1.02. The van der Waals surface area contributed by atoms with E-state index in [1.54, 1.807) is 6.92 Å². The molecule has 0 saturated heterocycles. The summed E-state index contributed by atoms with van der Waals surface area (Å²) >= 11 is 0. The highest BCUT2D eigenvalue weighted by Gasteiger charge is 2.23. The van der Waals surface area contributed by atoms with E-state index in [4.69, 9.17) is 0 Å². The average molecular weight is 263 g/mol. The third kappa shape index (κ3) is 5.43. The maximum Gasteiger partial charge on any atom is 0.220 e. The van der Waals surface area contributed by atoms with Crippen molar-refractivity contribution in [2.75, 3.05) is 6.54 Å². The van der Waals surface area contributed by atoms with Gasteiger partial charge in [-0.15, -0.1) is 0 Å². The van der Waals surface area contributed by atoms with Crippen LogP contribution in [0.2, 0.25) is 0 Å². The first kappa shape index (κ1) is 15.7. The first-order chi connectivity index (χ1) is 8.95. The zero-order valence-electron chi connectivity index (χ0n) is 12.1. The van der Waals surface area contributed by atoms with Gasteiger partial charge in [0.05, 0.1) is 6.54 Å². The van der Waals surface area contributed by atoms with E-state index in [0.717, 1.165) is 18.4 Å². The molecular formula is C16H25NO2. The molecule has 0 aliphatic carbocycles. The monoisotopic (exact) mass is 263 g/mol. The lowest BCUT2D eigenvalue weighted by Crippen LogP contribution is -2.39. The quantitative estimate of drug-likeness (QED) is 0.794. The summed E-state index contributed by atoms with van der Waals surface area (Å²) in [6.07, 6.45) is 2.68. The number of hydrogen-bond donors (Lipinski definition) is 2. The highest BCUT2D eigenvalue weighted by atomic mass is 16.3. The van der Waals surface area contributed by atoms with Gasteiger partial charge in [0.1, 0.15) is 5.60 Å². The average Bonchev–Trinajstić information content (AvgIpc) is 2.38. The lowest BCUT2D eigenvalue weighted by atomic mass is 9.95. The van der Waals surface area contributed by atoms with Crippen LogP contribution in [0.5, 0.6) is 0 Å². The van der Waals surface area contributed by atoms with Crippen LogP contribution >= 0.6 is 0 Å². The van der Waals surface area contributed by atoms with Gasteiger partial charge in [-0.1, -0.05) is 57.0 Å². The molecule has 0 saturated carbocycles. The highest BCUT2D eigenvalue weighted by molar-refractivity contribution is 5.76. The SMILES string of the molecule is CCCC(C)CC(=O)NCC(C)(O)c1ccccc1. The van der Waals surface area contributed by atoms with Gasteiger partial charge in [0.2, 0.25) is 5.91 Å². The maximum absolute atomic E-state index is 11.8. The minimum Gasteiger partial charge on any atom is -0.384 e. The standard InChI is InChI=1S/C16H25NO2/c1-4-8-13(2)11-15(18)17-12-16(3,19)14-9-6-5-7-10-14/h5-7,9-10,13,19H,4,8,11-12H2,1-3H3,(H,17,18). The Morgan fingerprint density at radius 1 is 1.37 bits per heavy atom. The Hall–Kier alpha value is -1.35. The van der Waals surface area contributed by atoms with E-state index in [9.17, 15) is 9.90 Å². The van der Waals surface area contributed by atoms with Crippen molar-refractivity contribution in [1.82, 2.24) is 5.32 Å². The molecule has 19 heavy (non-hydrogen) atoms. The predicted octanol–water partition coefficient (Wildman–Crippen LogP) is 2.84. The second kappa shape index (κ2) is 7.29. The Bertz CT molecular complexity index is 387. The summed E-state index contributed by atoms with van der Waals surface area (Å²) in [6.45, 7) is 6.17. The van der Waals surface area contributed by atoms with Crippen LogP contribution in [0.25, 0.3) is 0 Å². The van der Waals surface area contributed by atoms with Crippen molar-refractivity contribution in [3.05, 3.63) is 35.9 Å². The topological polar surface area (TPSA) is 49.3 Å². The lowest BCUT2D eigenvalue weighted by Gasteiger charge is -2.24. The lowest BCUT2D eigenvalue weighted by molar-refractivity contribution is -0.123. The van der Waals surface area contributed by atoms with Crippen molar-refractivity contribution in [1.29, 1.82) is 0 Å². The molecule has 1 rings (SSSR count). The molecule has 0 aromatic heterocycles. The molecule has 0 fully saturated rings. The number of nitrogens with one attached hydrogen (secondary N) is 1. The Labute approximate surface area is 116 Å². The molecule has 0 radical (unpaired) electrons. The predicted molar refractivity (Wildman–Crippen MR) is 77.7 cm³/mol. The summed E-state index contributed by atoms with van der Waals surface area (Å²) in [6, 6.07) is 9.41. The number of rotatable bonds is 7. The zero-order chi connectivity index (χ0) is 14.3. The van der Waals surface area contributed by atoms with Crippen molar-refractivity contribution in [2.24, 2.45) is 5.92 Å². The number of amides is 1. The van der Waals surface area contributed by atoms with E-state index >= 15 is 0 Å². The molecular weight excluding hydrogens is 238 g/mol. The number of aliphatic hydroxyl groups is 1. The molecule has 2 N–H and O–H groups in total. The van der Waals surface area contributed by atoms with Crippen molar-refractivity contribution >= 4 is 5.91 Å². The van der Waals surface area contributed by atoms with Crippen molar-refractivity contribution in [3.8, 4) is 0 Å². The van der Waals surface area contributed by atoms with Crippen LogP contribution in [0.15, 0.2) is 30.3 Å². The van der Waals surface area contributed by atoms with Gasteiger partial charge in [-0.25, -0.2) is 0 Å². The Morgan fingerprint density at radius 2 is 2.00 bits per heavy atom. The smallest absolute Gasteiger partial charge is 0.220 e. The van der Waals surface area contributed by atoms with E-state index in [2.05, 4.69) is 19.2 Å². The van der Waals surface area contributed by atoms with Gasteiger partial charge in [0.25, 0.3) is 0 Å². The Morgan fingerprint density at radius 3 is 2.58 bits per heavy atom. The first-order valence-corrected chi connectivity index (χ1v) is 7.00. The fourth-order valence-corrected chi connectivity index (χ4v) is 2.15. The molecule has 2 atom stereocenters. The first-order valence-electron chi connectivity index (χ1n) is 7.00.